The summed E-state index contributed by atoms with van der Waals surface area (Å²) in [5.74, 6) is -0.932. The number of hydrogen-bond acceptors (Lipinski definition) is 4. The molecular weight excluding hydrogens is 136 g/mol. The Balaban J connectivity index is 2.60. The molecule has 1 rings (SSSR count). The lowest BCUT2D eigenvalue weighted by molar-refractivity contribution is -0.181. The highest BCUT2D eigenvalue weighted by Crippen LogP contribution is 2.11. The monoisotopic (exact) mass is 144 g/mol. The summed E-state index contributed by atoms with van der Waals surface area (Å²) in [6.07, 6.45) is 0.799. The van der Waals surface area contributed by atoms with Crippen molar-refractivity contribution < 1.29 is 19.4 Å². The SMILES string of the molecule is CCC1OC(=O)C=C(O)O1. The Kier molecular flexibility index (Phi) is 1.80. The number of rotatable bonds is 1. The molecule has 0 aromatic rings. The third kappa shape index (κ3) is 1.40. The predicted molar refractivity (Wildman–Crippen MR) is 32.0 cm³/mol. The zero-order valence-electron chi connectivity index (χ0n) is 5.53. The summed E-state index contributed by atoms with van der Waals surface area (Å²) in [5.41, 5.74) is 0. The summed E-state index contributed by atoms with van der Waals surface area (Å²) in [5, 5.41) is 8.72. The Morgan fingerprint density at radius 3 is 2.90 bits per heavy atom. The summed E-state index contributed by atoms with van der Waals surface area (Å²) in [4.78, 5) is 10.5. The average Bonchev–Trinajstić information content (AvgIpc) is 1.85. The Bertz CT molecular complexity index is 173. The largest absolute Gasteiger partial charge is 0.481 e. The molecule has 4 nitrogen and oxygen atoms in total. The highest BCUT2D eigenvalue weighted by Gasteiger charge is 2.19. The molecule has 1 N–H and O–H groups in total. The van der Waals surface area contributed by atoms with Crippen LogP contribution in [0, 0.1) is 0 Å². The van der Waals surface area contributed by atoms with Crippen LogP contribution in [-0.2, 0) is 14.3 Å². The van der Waals surface area contributed by atoms with Gasteiger partial charge in [-0.1, -0.05) is 6.92 Å². The van der Waals surface area contributed by atoms with E-state index >= 15 is 0 Å². The number of hydrogen-bond donors (Lipinski definition) is 1. The van der Waals surface area contributed by atoms with Crippen LogP contribution in [0.4, 0.5) is 0 Å². The third-order valence-corrected chi connectivity index (χ3v) is 1.07. The molecule has 0 saturated heterocycles. The molecule has 0 bridgehead atoms. The standard InChI is InChI=1S/C6H8O4/c1-2-6-9-4(7)3-5(8)10-6/h3,6-7H,2H2,1H3. The molecule has 0 spiro atoms. The fourth-order valence-corrected chi connectivity index (χ4v) is 0.624. The Labute approximate surface area is 58.1 Å². The number of esters is 1. The maximum absolute atomic E-state index is 10.5. The Morgan fingerprint density at radius 1 is 1.70 bits per heavy atom. The summed E-state index contributed by atoms with van der Waals surface area (Å²) in [6.45, 7) is 1.79. The van der Waals surface area contributed by atoms with E-state index in [1.807, 2.05) is 0 Å². The molecule has 1 aliphatic heterocycles. The van der Waals surface area contributed by atoms with E-state index in [1.54, 1.807) is 6.92 Å². The van der Waals surface area contributed by atoms with Gasteiger partial charge in [-0.2, -0.15) is 0 Å². The molecule has 0 aromatic heterocycles. The first-order chi connectivity index (χ1) is 4.72. The quantitative estimate of drug-likeness (QED) is 0.550. The van der Waals surface area contributed by atoms with Crippen LogP contribution in [0.25, 0.3) is 0 Å². The maximum atomic E-state index is 10.5. The second kappa shape index (κ2) is 2.60. The molecule has 10 heavy (non-hydrogen) atoms. The van der Waals surface area contributed by atoms with E-state index < -0.39 is 12.3 Å². The minimum atomic E-state index is -0.627. The smallest absolute Gasteiger partial charge is 0.341 e. The minimum Gasteiger partial charge on any atom is -0.481 e. The Hall–Kier alpha value is -1.19. The molecule has 0 amide bonds. The van der Waals surface area contributed by atoms with Gasteiger partial charge in [0.15, 0.2) is 0 Å². The number of aliphatic hydroxyl groups excluding tert-OH is 1. The van der Waals surface area contributed by atoms with Crippen LogP contribution in [-0.4, -0.2) is 17.4 Å². The van der Waals surface area contributed by atoms with Gasteiger partial charge in [0.25, 0.3) is 5.95 Å². The van der Waals surface area contributed by atoms with Gasteiger partial charge in [0, 0.05) is 6.42 Å². The highest BCUT2D eigenvalue weighted by molar-refractivity contribution is 5.82. The molecule has 1 atom stereocenters. The zero-order valence-corrected chi connectivity index (χ0v) is 5.53. The van der Waals surface area contributed by atoms with Gasteiger partial charge in [-0.05, 0) is 0 Å². The van der Waals surface area contributed by atoms with Crippen molar-refractivity contribution in [2.75, 3.05) is 0 Å². The van der Waals surface area contributed by atoms with Crippen LogP contribution in [0.2, 0.25) is 0 Å². The van der Waals surface area contributed by atoms with Crippen LogP contribution in [0.1, 0.15) is 13.3 Å². The van der Waals surface area contributed by atoms with E-state index in [0.717, 1.165) is 6.08 Å². The molecular formula is C6H8O4. The third-order valence-electron chi connectivity index (χ3n) is 1.07. The van der Waals surface area contributed by atoms with E-state index in [4.69, 9.17) is 5.11 Å². The number of carbonyl (C=O) groups excluding carboxylic acids is 1. The molecule has 1 aliphatic rings. The van der Waals surface area contributed by atoms with Gasteiger partial charge in [0.05, 0.1) is 0 Å². The van der Waals surface area contributed by atoms with Gasteiger partial charge in [-0.25, -0.2) is 4.79 Å². The Morgan fingerprint density at radius 2 is 2.40 bits per heavy atom. The van der Waals surface area contributed by atoms with Crippen molar-refractivity contribution in [3.05, 3.63) is 12.0 Å². The molecule has 1 unspecified atom stereocenters. The van der Waals surface area contributed by atoms with E-state index in [2.05, 4.69) is 9.47 Å². The maximum Gasteiger partial charge on any atom is 0.341 e. The lowest BCUT2D eigenvalue weighted by Crippen LogP contribution is -2.24. The highest BCUT2D eigenvalue weighted by atomic mass is 16.7. The molecule has 0 fully saturated rings. The van der Waals surface area contributed by atoms with Gasteiger partial charge in [-0.3, -0.25) is 0 Å². The van der Waals surface area contributed by atoms with Crippen LogP contribution in [0.15, 0.2) is 12.0 Å². The molecule has 0 saturated carbocycles. The normalized spacial score (nSPS) is 24.7. The fourth-order valence-electron chi connectivity index (χ4n) is 0.624. The van der Waals surface area contributed by atoms with Crippen LogP contribution >= 0.6 is 0 Å². The first kappa shape index (κ1) is 6.92. The van der Waals surface area contributed by atoms with Crippen molar-refractivity contribution in [3.8, 4) is 0 Å². The van der Waals surface area contributed by atoms with Crippen molar-refractivity contribution in [3.63, 3.8) is 0 Å². The fraction of sp³-hybridized carbons (Fsp3) is 0.500. The molecule has 56 valence electrons. The molecule has 0 aliphatic carbocycles. The van der Waals surface area contributed by atoms with Gasteiger partial charge < -0.3 is 14.6 Å². The summed E-state index contributed by atoms with van der Waals surface area (Å²) >= 11 is 0. The van der Waals surface area contributed by atoms with Crippen molar-refractivity contribution in [2.24, 2.45) is 0 Å². The number of carbonyl (C=O) groups is 1. The second-order valence-electron chi connectivity index (χ2n) is 1.88. The molecule has 0 aromatic carbocycles. The van der Waals surface area contributed by atoms with E-state index in [9.17, 15) is 4.79 Å². The van der Waals surface area contributed by atoms with E-state index in [1.165, 1.54) is 0 Å². The average molecular weight is 144 g/mol. The second-order valence-corrected chi connectivity index (χ2v) is 1.88. The van der Waals surface area contributed by atoms with E-state index in [-0.39, 0.29) is 5.95 Å². The van der Waals surface area contributed by atoms with Crippen LogP contribution < -0.4 is 0 Å². The zero-order chi connectivity index (χ0) is 7.56. The van der Waals surface area contributed by atoms with Gasteiger partial charge in [0.2, 0.25) is 6.29 Å². The lowest BCUT2D eigenvalue weighted by Gasteiger charge is -2.19. The molecule has 1 heterocycles. The number of cyclic esters (lactones) is 1. The first-order valence-electron chi connectivity index (χ1n) is 3.00. The summed E-state index contributed by atoms with van der Waals surface area (Å²) in [7, 11) is 0. The van der Waals surface area contributed by atoms with Crippen molar-refractivity contribution >= 4 is 5.97 Å². The van der Waals surface area contributed by atoms with Gasteiger partial charge in [-0.15, -0.1) is 0 Å². The minimum absolute atomic E-state index is 0.372. The molecule has 0 radical (unpaired) electrons. The van der Waals surface area contributed by atoms with Gasteiger partial charge in [0.1, 0.15) is 6.08 Å². The number of aliphatic hydroxyl groups is 1. The van der Waals surface area contributed by atoms with Crippen LogP contribution in [0.5, 0.6) is 0 Å². The van der Waals surface area contributed by atoms with Crippen molar-refractivity contribution in [1.29, 1.82) is 0 Å². The summed E-state index contributed by atoms with van der Waals surface area (Å²) < 4.78 is 9.29. The topological polar surface area (TPSA) is 55.8 Å². The first-order valence-corrected chi connectivity index (χ1v) is 3.00. The van der Waals surface area contributed by atoms with Gasteiger partial charge >= 0.3 is 5.97 Å². The van der Waals surface area contributed by atoms with Crippen LogP contribution in [0.3, 0.4) is 0 Å². The number of ether oxygens (including phenoxy) is 2. The lowest BCUT2D eigenvalue weighted by atomic mass is 10.4. The van der Waals surface area contributed by atoms with Crippen molar-refractivity contribution in [2.45, 2.75) is 19.6 Å². The van der Waals surface area contributed by atoms with Crippen molar-refractivity contribution in [1.82, 2.24) is 0 Å². The predicted octanol–water partition coefficient (Wildman–Crippen LogP) is 0.695. The summed E-state index contributed by atoms with van der Waals surface area (Å²) in [6, 6.07) is 0. The molecule has 4 heteroatoms. The van der Waals surface area contributed by atoms with E-state index in [0.29, 0.717) is 6.42 Å².